The van der Waals surface area contributed by atoms with Gasteiger partial charge in [-0.25, -0.2) is 29.0 Å². The molecular weight excluding hydrogens is 1370 g/mol. The molecule has 9 N–H and O–H groups in total. The summed E-state index contributed by atoms with van der Waals surface area (Å²) >= 11 is 6.69. The van der Waals surface area contributed by atoms with Crippen molar-refractivity contribution < 1.29 is 86.3 Å². The van der Waals surface area contributed by atoms with Crippen LogP contribution in [0.5, 0.6) is 11.5 Å². The molecule has 104 heavy (non-hydrogen) atoms. The number of urea groups is 1. The van der Waals surface area contributed by atoms with E-state index in [1.807, 2.05) is 32.2 Å². The number of likely N-dealkylation sites (N-methyl/N-ethyl adjacent to an activating group) is 2. The van der Waals surface area contributed by atoms with Crippen LogP contribution in [0.4, 0.5) is 41.2 Å². The zero-order valence-corrected chi connectivity index (χ0v) is 59.0. The van der Waals surface area contributed by atoms with Gasteiger partial charge in [-0.05, 0) is 103 Å². The molecule has 33 heteroatoms. The van der Waals surface area contributed by atoms with E-state index in [-0.39, 0.29) is 127 Å². The lowest BCUT2D eigenvalue weighted by molar-refractivity contribution is -0.137. The lowest BCUT2D eigenvalue weighted by Crippen LogP contribution is -2.54. The summed E-state index contributed by atoms with van der Waals surface area (Å²) in [6.45, 7) is 7.25. The first-order valence-electron chi connectivity index (χ1n) is 33.8. The van der Waals surface area contributed by atoms with E-state index < -0.39 is 83.8 Å². The Morgan fingerprint density at radius 2 is 1.53 bits per heavy atom. The third-order valence-corrected chi connectivity index (χ3v) is 17.8. The lowest BCUT2D eigenvalue weighted by Gasteiger charge is -2.31. The van der Waals surface area contributed by atoms with Crippen LogP contribution in [-0.2, 0) is 44.7 Å². The highest BCUT2D eigenvalue weighted by Crippen LogP contribution is 2.47. The standard InChI is InChI=1S/C71H85ClN14O18/c1-43(2)62(80-68(95)101-35-34-100-32-29-85-58(88)19-20-59(85)89)65(92)78-52(10-7-21-74-67(73)94)64(91)76-49-15-11-45(12-16-49)42-102-69(96)82(5)24-27-84(28-31-99-33-30-87)71(98)104-56-38-55-61(60-44(3)8-6-9-51(56)60)48(39-72)41-86(55)66(93)53-36-47-37-57(75-40-54(47)77-53)79-63(90)46-13-17-50(18-14-46)103-70(97)83-25-22-81(4)23-26-83/h6,8-9,11-20,36-38,40,43,48,52,62,77,87H,7,10,21-35,39,41-42H2,1-5H3,(H,76,91)(H,78,92)(H,80,95)(H3,73,74,94)(H,75,79,90)/t48-,52+,62+/m1/s1. The number of imide groups is 1. The fourth-order valence-corrected chi connectivity index (χ4v) is 11.9. The molecule has 0 saturated carbocycles. The van der Waals surface area contributed by atoms with Crippen LogP contribution in [0.2, 0.25) is 0 Å². The number of H-pyrrole nitrogens is 1. The molecule has 32 nitrogen and oxygen atoms in total. The van der Waals surface area contributed by atoms with Crippen LogP contribution >= 0.6 is 11.6 Å². The number of aliphatic hydroxyl groups excluding tert-OH is 1. The van der Waals surface area contributed by atoms with Crippen LogP contribution in [-0.4, -0.2) is 243 Å². The first-order chi connectivity index (χ1) is 50.0. The predicted molar refractivity (Wildman–Crippen MR) is 381 cm³/mol. The molecule has 1 saturated heterocycles. The minimum absolute atomic E-state index is 0.00253. The number of aliphatic hydroxyl groups is 1. The molecule has 6 aromatic rings. The number of hydrogen-bond acceptors (Lipinski definition) is 20. The van der Waals surface area contributed by atoms with Gasteiger partial charge in [0, 0.05) is 118 Å². The number of anilines is 3. The topological polar surface area (TPSA) is 398 Å². The number of aromatic nitrogens is 2. The van der Waals surface area contributed by atoms with E-state index >= 15 is 0 Å². The molecule has 3 atom stereocenters. The number of aryl methyl sites for hydroxylation is 1. The number of rotatable bonds is 32. The SMILES string of the molecule is Cc1cccc2c(OC(=O)N(CCOCCO)CCN(C)C(=O)OCc3ccc(NC(=O)[C@H](CCCNC(N)=O)NC(=O)[C@@H](NC(=O)OCCOCCN4C(=O)C=CC4=O)C(C)C)cc3)cc3c(c12)[C@H](CCl)CN3C(=O)c1cc2cc(NC(=O)c3ccc(OC(=O)N4CCN(C)CC4)cc3)ncc2[nH]1. The Hall–Kier alpha value is -10.9. The van der Waals surface area contributed by atoms with Gasteiger partial charge in [0.1, 0.15) is 48.3 Å². The second kappa shape index (κ2) is 36.8. The summed E-state index contributed by atoms with van der Waals surface area (Å²) in [5, 5.41) is 24.6. The number of nitrogens with two attached hydrogens (primary N) is 1. The Morgan fingerprint density at radius 3 is 2.23 bits per heavy atom. The summed E-state index contributed by atoms with van der Waals surface area (Å²) in [5.74, 6) is -3.13. The number of pyridine rings is 1. The largest absolute Gasteiger partial charge is 0.447 e. The summed E-state index contributed by atoms with van der Waals surface area (Å²) in [6.07, 6.45) is 1.11. The molecule has 2 aromatic heterocycles. The number of halogens is 1. The third kappa shape index (κ3) is 20.7. The molecule has 9 rings (SSSR count). The van der Waals surface area contributed by atoms with Gasteiger partial charge >= 0.3 is 30.4 Å². The van der Waals surface area contributed by atoms with Gasteiger partial charge in [0.05, 0.1) is 57.0 Å². The summed E-state index contributed by atoms with van der Waals surface area (Å²) in [7, 11) is 3.47. The molecular formula is C71H85ClN14O18. The van der Waals surface area contributed by atoms with Gasteiger partial charge < -0.3 is 95.3 Å². The van der Waals surface area contributed by atoms with Gasteiger partial charge in [-0.15, -0.1) is 11.6 Å². The Bertz CT molecular complexity index is 4130. The van der Waals surface area contributed by atoms with E-state index in [9.17, 15) is 57.8 Å². The number of primary amides is 1. The number of fused-ring (bicyclic) bond motifs is 4. The number of hydrogen-bond donors (Lipinski definition) is 8. The summed E-state index contributed by atoms with van der Waals surface area (Å²) in [4.78, 5) is 161. The highest BCUT2D eigenvalue weighted by Gasteiger charge is 2.38. The minimum atomic E-state index is -1.17. The molecule has 0 aliphatic carbocycles. The zero-order valence-electron chi connectivity index (χ0n) is 58.2. The van der Waals surface area contributed by atoms with Crippen molar-refractivity contribution in [3.63, 3.8) is 0 Å². The molecule has 0 unspecified atom stereocenters. The number of aromatic amines is 1. The average Bonchev–Trinajstić information content (AvgIpc) is 1.56. The molecule has 3 aliphatic heterocycles. The minimum Gasteiger partial charge on any atom is -0.447 e. The van der Waals surface area contributed by atoms with Crippen LogP contribution in [0, 0.1) is 12.8 Å². The van der Waals surface area contributed by atoms with Crippen molar-refractivity contribution in [2.45, 2.75) is 58.2 Å². The average molecular weight is 1460 g/mol. The number of nitrogens with zero attached hydrogens (tertiary/aromatic N) is 7. The number of alkyl halides is 1. The number of carbonyl (C=O) groups is 11. The first kappa shape index (κ1) is 77.2. The second-order valence-electron chi connectivity index (χ2n) is 25.2. The Labute approximate surface area is 603 Å². The fraction of sp³-hybridized carbons (Fsp3) is 0.408. The van der Waals surface area contributed by atoms with Crippen molar-refractivity contribution in [2.24, 2.45) is 11.7 Å². The summed E-state index contributed by atoms with van der Waals surface area (Å²) in [5.41, 5.74) is 9.18. The number of ether oxygens (including phenoxy) is 6. The summed E-state index contributed by atoms with van der Waals surface area (Å²) < 4.78 is 33.6. The lowest BCUT2D eigenvalue weighted by atomic mass is 9.92. The smallest absolute Gasteiger partial charge is 0.415 e. The Balaban J connectivity index is 0.794. The van der Waals surface area contributed by atoms with Crippen molar-refractivity contribution in [1.82, 2.24) is 50.4 Å². The number of benzene rings is 4. The van der Waals surface area contributed by atoms with Crippen molar-refractivity contribution >= 4 is 116 Å². The van der Waals surface area contributed by atoms with Crippen molar-refractivity contribution in [3.8, 4) is 11.5 Å². The van der Waals surface area contributed by atoms with E-state index in [1.165, 1.54) is 23.0 Å². The normalized spacial score (nSPS) is 14.8. The number of nitrogens with one attached hydrogen (secondary N) is 6. The number of carbonyl (C=O) groups excluding carboxylic acids is 11. The van der Waals surface area contributed by atoms with Crippen LogP contribution in [0.25, 0.3) is 21.7 Å². The molecule has 3 aliphatic rings. The van der Waals surface area contributed by atoms with Gasteiger partial charge in [-0.3, -0.25) is 33.7 Å². The van der Waals surface area contributed by atoms with Crippen LogP contribution in [0.3, 0.4) is 0 Å². The quantitative estimate of drug-likeness (QED) is 0.0144. The Morgan fingerprint density at radius 1 is 0.798 bits per heavy atom. The van der Waals surface area contributed by atoms with Gasteiger partial charge in [-0.2, -0.15) is 0 Å². The number of amides is 12. The fourth-order valence-electron chi connectivity index (χ4n) is 11.6. The highest BCUT2D eigenvalue weighted by atomic mass is 35.5. The summed E-state index contributed by atoms with van der Waals surface area (Å²) in [6, 6.07) is 19.9. The van der Waals surface area contributed by atoms with Gasteiger partial charge in [-0.1, -0.05) is 44.2 Å². The second-order valence-corrected chi connectivity index (χ2v) is 25.5. The maximum absolute atomic E-state index is 14.8. The van der Waals surface area contributed by atoms with E-state index in [0.29, 0.717) is 57.6 Å². The molecule has 0 bridgehead atoms. The predicted octanol–water partition coefficient (Wildman–Crippen LogP) is 5.65. The van der Waals surface area contributed by atoms with Crippen molar-refractivity contribution in [3.05, 3.63) is 131 Å². The maximum atomic E-state index is 14.8. The van der Waals surface area contributed by atoms with Crippen molar-refractivity contribution in [1.29, 1.82) is 0 Å². The number of alkyl carbamates (subject to hydrolysis) is 1. The molecule has 12 amide bonds. The molecule has 4 aromatic carbocycles. The van der Waals surface area contributed by atoms with Gasteiger partial charge in [0.25, 0.3) is 23.6 Å². The molecule has 5 heterocycles. The van der Waals surface area contributed by atoms with E-state index in [1.54, 1.807) is 90.4 Å². The van der Waals surface area contributed by atoms with Crippen LogP contribution in [0.15, 0.2) is 103 Å². The van der Waals surface area contributed by atoms with Crippen molar-refractivity contribution in [2.75, 3.05) is 141 Å². The molecule has 0 radical (unpaired) electrons. The van der Waals surface area contributed by atoms with E-state index in [0.717, 1.165) is 46.7 Å². The highest BCUT2D eigenvalue weighted by molar-refractivity contribution is 6.20. The van der Waals surface area contributed by atoms with Gasteiger partial charge in [0.2, 0.25) is 11.8 Å². The first-order valence-corrected chi connectivity index (χ1v) is 34.3. The molecule has 554 valence electrons. The van der Waals surface area contributed by atoms with E-state index in [2.05, 4.69) is 41.5 Å². The van der Waals surface area contributed by atoms with Crippen LogP contribution < -0.4 is 46.7 Å². The third-order valence-electron chi connectivity index (χ3n) is 17.4. The Kier molecular flexibility index (Phi) is 27.3. The van der Waals surface area contributed by atoms with Crippen LogP contribution in [0.1, 0.15) is 70.1 Å². The number of piperazine rings is 1. The molecule has 1 fully saturated rings. The van der Waals surface area contributed by atoms with E-state index in [4.69, 9.17) is 45.8 Å². The maximum Gasteiger partial charge on any atom is 0.415 e. The zero-order chi connectivity index (χ0) is 74.6. The van der Waals surface area contributed by atoms with Gasteiger partial charge in [0.15, 0.2) is 0 Å². The monoisotopic (exact) mass is 1460 g/mol. The molecule has 0 spiro atoms.